The largest absolute Gasteiger partial charge is 0.488 e. The van der Waals surface area contributed by atoms with Crippen molar-refractivity contribution in [2.24, 2.45) is 0 Å². The van der Waals surface area contributed by atoms with Crippen LogP contribution in [0.1, 0.15) is 22.3 Å². The third-order valence-corrected chi connectivity index (χ3v) is 5.25. The van der Waals surface area contributed by atoms with Gasteiger partial charge in [0, 0.05) is 5.69 Å². The number of benzene rings is 3. The molecule has 5 heteroatoms. The predicted molar refractivity (Wildman–Crippen MR) is 123 cm³/mol. The molecule has 3 rings (SSSR count). The van der Waals surface area contributed by atoms with E-state index in [0.717, 1.165) is 15.6 Å². The molecule has 1 amide bonds. The summed E-state index contributed by atoms with van der Waals surface area (Å²) in [6.45, 7) is 4.62. The van der Waals surface area contributed by atoms with Crippen molar-refractivity contribution in [3.8, 4) is 11.8 Å². The SMILES string of the molecule is Cc1ccc(COc2ccc(/C=C(\C#N)C(=O)Nc3ccccc3)cc2Br)cc1C. The number of hydrogen-bond acceptors (Lipinski definition) is 3. The number of para-hydroxylation sites is 1. The van der Waals surface area contributed by atoms with Gasteiger partial charge < -0.3 is 10.1 Å². The summed E-state index contributed by atoms with van der Waals surface area (Å²) in [5.41, 5.74) is 4.96. The van der Waals surface area contributed by atoms with Crippen molar-refractivity contribution in [3.05, 3.63) is 99.0 Å². The quantitative estimate of drug-likeness (QED) is 0.352. The van der Waals surface area contributed by atoms with Gasteiger partial charge in [-0.15, -0.1) is 0 Å². The van der Waals surface area contributed by atoms with E-state index in [4.69, 9.17) is 4.74 Å². The highest BCUT2D eigenvalue weighted by atomic mass is 79.9. The molecule has 0 saturated carbocycles. The van der Waals surface area contributed by atoms with E-state index < -0.39 is 5.91 Å². The molecule has 0 aliphatic rings. The number of ether oxygens (including phenoxy) is 1. The van der Waals surface area contributed by atoms with Gasteiger partial charge in [0.2, 0.25) is 0 Å². The van der Waals surface area contributed by atoms with Crippen molar-refractivity contribution >= 4 is 33.6 Å². The third kappa shape index (κ3) is 5.59. The molecule has 30 heavy (non-hydrogen) atoms. The molecular formula is C25H21BrN2O2. The van der Waals surface area contributed by atoms with E-state index in [-0.39, 0.29) is 5.57 Å². The summed E-state index contributed by atoms with van der Waals surface area (Å²) in [4.78, 5) is 12.4. The third-order valence-electron chi connectivity index (χ3n) is 4.63. The zero-order valence-corrected chi connectivity index (χ0v) is 18.4. The van der Waals surface area contributed by atoms with Crippen molar-refractivity contribution in [2.75, 3.05) is 5.32 Å². The molecular weight excluding hydrogens is 440 g/mol. The first-order chi connectivity index (χ1) is 14.5. The molecule has 0 aliphatic heterocycles. The molecule has 0 aromatic heterocycles. The first-order valence-electron chi connectivity index (χ1n) is 9.43. The molecule has 0 radical (unpaired) electrons. The van der Waals surface area contributed by atoms with Gasteiger partial charge in [-0.25, -0.2) is 0 Å². The zero-order valence-electron chi connectivity index (χ0n) is 16.8. The van der Waals surface area contributed by atoms with Gasteiger partial charge >= 0.3 is 0 Å². The lowest BCUT2D eigenvalue weighted by Gasteiger charge is -2.10. The lowest BCUT2D eigenvalue weighted by atomic mass is 10.1. The van der Waals surface area contributed by atoms with Gasteiger partial charge in [0.05, 0.1) is 4.47 Å². The lowest BCUT2D eigenvalue weighted by molar-refractivity contribution is -0.112. The van der Waals surface area contributed by atoms with Gasteiger partial charge in [-0.3, -0.25) is 4.79 Å². The molecule has 0 saturated heterocycles. The summed E-state index contributed by atoms with van der Waals surface area (Å²) >= 11 is 3.51. The molecule has 0 fully saturated rings. The van der Waals surface area contributed by atoms with E-state index in [2.05, 4.69) is 53.3 Å². The van der Waals surface area contributed by atoms with Crippen molar-refractivity contribution in [2.45, 2.75) is 20.5 Å². The Morgan fingerprint density at radius 1 is 1.07 bits per heavy atom. The standard InChI is InChI=1S/C25H21BrN2O2/c1-17-8-9-20(12-18(17)2)16-30-24-11-10-19(14-23(24)26)13-21(15-27)25(29)28-22-6-4-3-5-7-22/h3-14H,16H2,1-2H3,(H,28,29)/b21-13+. The molecule has 150 valence electrons. The van der Waals surface area contributed by atoms with Crippen LogP contribution in [0.15, 0.2) is 76.8 Å². The normalized spacial score (nSPS) is 10.9. The van der Waals surface area contributed by atoms with Crippen molar-refractivity contribution < 1.29 is 9.53 Å². The van der Waals surface area contributed by atoms with Gasteiger partial charge in [-0.1, -0.05) is 42.5 Å². The molecule has 0 aliphatic carbocycles. The number of nitrogens with one attached hydrogen (secondary N) is 1. The number of carbonyl (C=O) groups is 1. The number of nitriles is 1. The Kier molecular flexibility index (Phi) is 7.05. The summed E-state index contributed by atoms with van der Waals surface area (Å²) < 4.78 is 6.67. The number of aryl methyl sites for hydroxylation is 2. The highest BCUT2D eigenvalue weighted by Gasteiger charge is 2.10. The van der Waals surface area contributed by atoms with Gasteiger partial charge in [0.25, 0.3) is 5.91 Å². The number of nitrogens with zero attached hydrogens (tertiary/aromatic N) is 1. The lowest BCUT2D eigenvalue weighted by Crippen LogP contribution is -2.13. The summed E-state index contributed by atoms with van der Waals surface area (Å²) in [6.07, 6.45) is 1.55. The molecule has 0 atom stereocenters. The average Bonchev–Trinajstić information content (AvgIpc) is 2.74. The maximum atomic E-state index is 12.4. The van der Waals surface area contributed by atoms with Crippen LogP contribution in [0.2, 0.25) is 0 Å². The molecule has 0 spiro atoms. The van der Waals surface area contributed by atoms with Crippen LogP contribution in [0.25, 0.3) is 6.08 Å². The Balaban J connectivity index is 1.70. The number of halogens is 1. The summed E-state index contributed by atoms with van der Waals surface area (Å²) in [7, 11) is 0. The van der Waals surface area contributed by atoms with E-state index in [1.807, 2.05) is 42.5 Å². The fourth-order valence-corrected chi connectivity index (χ4v) is 3.32. The fourth-order valence-electron chi connectivity index (χ4n) is 2.81. The molecule has 1 N–H and O–H groups in total. The van der Waals surface area contributed by atoms with E-state index in [1.54, 1.807) is 18.2 Å². The van der Waals surface area contributed by atoms with Crippen LogP contribution >= 0.6 is 15.9 Å². The Hall–Kier alpha value is -3.36. The van der Waals surface area contributed by atoms with E-state index >= 15 is 0 Å². The highest BCUT2D eigenvalue weighted by Crippen LogP contribution is 2.28. The number of rotatable bonds is 6. The first kappa shape index (κ1) is 21.4. The predicted octanol–water partition coefficient (Wildman–Crippen LogP) is 6.19. The molecule has 4 nitrogen and oxygen atoms in total. The minimum Gasteiger partial charge on any atom is -0.488 e. The first-order valence-corrected chi connectivity index (χ1v) is 10.2. The summed E-state index contributed by atoms with van der Waals surface area (Å²) in [6, 6.07) is 22.7. The molecule has 3 aromatic rings. The average molecular weight is 461 g/mol. The van der Waals surface area contributed by atoms with Gasteiger partial charge in [-0.05, 0) is 82.4 Å². The van der Waals surface area contributed by atoms with Gasteiger partial charge in [0.1, 0.15) is 24.0 Å². The number of hydrogen-bond donors (Lipinski definition) is 1. The van der Waals surface area contributed by atoms with Gasteiger partial charge in [-0.2, -0.15) is 5.26 Å². The number of amides is 1. The zero-order chi connectivity index (χ0) is 21.5. The van der Waals surface area contributed by atoms with Crippen LogP contribution in [-0.2, 0) is 11.4 Å². The number of carbonyl (C=O) groups excluding carboxylic acids is 1. The van der Waals surface area contributed by atoms with Crippen LogP contribution < -0.4 is 10.1 Å². The second-order valence-corrected chi connectivity index (χ2v) is 7.74. The molecule has 0 heterocycles. The van der Waals surface area contributed by atoms with Gasteiger partial charge in [0.15, 0.2) is 0 Å². The Morgan fingerprint density at radius 3 is 2.50 bits per heavy atom. The second kappa shape index (κ2) is 9.91. The van der Waals surface area contributed by atoms with Crippen LogP contribution in [0, 0.1) is 25.2 Å². The van der Waals surface area contributed by atoms with Crippen LogP contribution in [0.4, 0.5) is 5.69 Å². The number of anilines is 1. The fraction of sp³-hybridized carbons (Fsp3) is 0.120. The minimum atomic E-state index is -0.449. The smallest absolute Gasteiger partial charge is 0.266 e. The molecule has 3 aromatic carbocycles. The topological polar surface area (TPSA) is 62.1 Å². The Morgan fingerprint density at radius 2 is 1.83 bits per heavy atom. The van der Waals surface area contributed by atoms with Crippen molar-refractivity contribution in [1.29, 1.82) is 5.26 Å². The van der Waals surface area contributed by atoms with Crippen molar-refractivity contribution in [3.63, 3.8) is 0 Å². The van der Waals surface area contributed by atoms with Crippen LogP contribution in [0.5, 0.6) is 5.75 Å². The van der Waals surface area contributed by atoms with Crippen molar-refractivity contribution in [1.82, 2.24) is 0 Å². The molecule has 0 unspecified atom stereocenters. The Bertz CT molecular complexity index is 1130. The minimum absolute atomic E-state index is 0.0227. The van der Waals surface area contributed by atoms with E-state index in [1.165, 1.54) is 11.1 Å². The summed E-state index contributed by atoms with van der Waals surface area (Å²) in [5.74, 6) is 0.243. The van der Waals surface area contributed by atoms with E-state index in [0.29, 0.717) is 18.0 Å². The molecule has 0 bridgehead atoms. The van der Waals surface area contributed by atoms with Crippen LogP contribution in [0.3, 0.4) is 0 Å². The highest BCUT2D eigenvalue weighted by molar-refractivity contribution is 9.10. The maximum absolute atomic E-state index is 12.4. The monoisotopic (exact) mass is 460 g/mol. The maximum Gasteiger partial charge on any atom is 0.266 e. The Labute approximate surface area is 184 Å². The van der Waals surface area contributed by atoms with E-state index in [9.17, 15) is 10.1 Å². The second-order valence-electron chi connectivity index (χ2n) is 6.89. The summed E-state index contributed by atoms with van der Waals surface area (Å²) in [5, 5.41) is 12.1. The van der Waals surface area contributed by atoms with Crippen LogP contribution in [-0.4, -0.2) is 5.91 Å².